The molecule has 0 fully saturated rings. The molecule has 0 aliphatic heterocycles. The van der Waals surface area contributed by atoms with Crippen molar-refractivity contribution in [2.75, 3.05) is 31.7 Å². The lowest BCUT2D eigenvalue weighted by molar-refractivity contribution is -0.402. The fourth-order valence-electron chi connectivity index (χ4n) is 2.83. The van der Waals surface area contributed by atoms with Gasteiger partial charge in [-0.25, -0.2) is 9.37 Å². The van der Waals surface area contributed by atoms with E-state index in [1.165, 1.54) is 36.4 Å². The molecule has 29 heavy (non-hydrogen) atoms. The number of aromatic amines is 1. The van der Waals surface area contributed by atoms with Gasteiger partial charge in [-0.3, -0.25) is 14.9 Å². The molecular weight excluding hydrogens is 383 g/mol. The number of ether oxygens (including phenoxy) is 1. The number of fused-ring (bicyclic) bond motifs is 1. The van der Waals surface area contributed by atoms with Crippen LogP contribution in [0.25, 0.3) is 23.1 Å². The summed E-state index contributed by atoms with van der Waals surface area (Å²) in [5.41, 5.74) is 0.0718. The van der Waals surface area contributed by atoms with Crippen LogP contribution in [-0.4, -0.2) is 41.7 Å². The van der Waals surface area contributed by atoms with Gasteiger partial charge in [0.2, 0.25) is 0 Å². The first-order chi connectivity index (χ1) is 13.9. The van der Waals surface area contributed by atoms with Crippen molar-refractivity contribution in [2.24, 2.45) is 0 Å². The number of methoxy groups -OCH3 is 1. The van der Waals surface area contributed by atoms with Crippen LogP contribution in [0.1, 0.15) is 18.5 Å². The summed E-state index contributed by atoms with van der Waals surface area (Å²) in [4.78, 5) is 31.1. The predicted molar refractivity (Wildman–Crippen MR) is 106 cm³/mol. The molecule has 1 aromatic carbocycles. The van der Waals surface area contributed by atoms with E-state index in [9.17, 15) is 19.3 Å². The minimum absolute atomic E-state index is 0.167. The fraction of sp³-hybridized carbons (Fsp3) is 0.263. The third-order valence-corrected chi connectivity index (χ3v) is 4.28. The molecule has 0 aliphatic carbocycles. The third-order valence-electron chi connectivity index (χ3n) is 4.28. The van der Waals surface area contributed by atoms with Gasteiger partial charge in [-0.15, -0.1) is 0 Å². The Kier molecular flexibility index (Phi) is 6.03. The number of rotatable bonds is 8. The predicted octanol–water partition coefficient (Wildman–Crippen LogP) is 3.21. The summed E-state index contributed by atoms with van der Waals surface area (Å²) in [5.74, 6) is -0.503. The number of halogens is 1. The summed E-state index contributed by atoms with van der Waals surface area (Å²) in [6, 6.07) is 5.32. The zero-order valence-electron chi connectivity index (χ0n) is 15.8. The molecule has 152 valence electrons. The molecule has 10 heteroatoms. The van der Waals surface area contributed by atoms with Crippen LogP contribution in [0.3, 0.4) is 0 Å². The van der Waals surface area contributed by atoms with Gasteiger partial charge in [-0.05, 0) is 31.2 Å². The molecule has 0 unspecified atom stereocenters. The number of furan rings is 1. The van der Waals surface area contributed by atoms with Crippen LogP contribution >= 0.6 is 0 Å². The van der Waals surface area contributed by atoms with E-state index in [4.69, 9.17) is 9.15 Å². The number of nitrogens with one attached hydrogen (secondary N) is 1. The van der Waals surface area contributed by atoms with Gasteiger partial charge in [-0.2, -0.15) is 0 Å². The number of nitrogens with zero attached hydrogens (tertiary/aromatic N) is 3. The molecule has 0 saturated carbocycles. The van der Waals surface area contributed by atoms with E-state index in [1.807, 2.05) is 6.92 Å². The van der Waals surface area contributed by atoms with Crippen molar-refractivity contribution in [1.82, 2.24) is 9.97 Å². The molecule has 9 nitrogen and oxygen atoms in total. The standard InChI is InChI=1S/C19H19FN4O5/c1-3-23(8-9-28-2)16-10-13-15(11-14(16)20)21-17(22-19(13)25)6-4-12-5-7-18(29-12)24(26)27/h4-7,10-11H,3,8-9H2,1-2H3,(H,21,22,25)/b6-4+. The van der Waals surface area contributed by atoms with E-state index >= 15 is 0 Å². The third kappa shape index (κ3) is 4.49. The maximum Gasteiger partial charge on any atom is 0.433 e. The quantitative estimate of drug-likeness (QED) is 0.454. The summed E-state index contributed by atoms with van der Waals surface area (Å²) in [6.07, 6.45) is 2.84. The number of hydrogen-bond acceptors (Lipinski definition) is 7. The molecule has 0 aliphatic rings. The van der Waals surface area contributed by atoms with Crippen LogP contribution in [0, 0.1) is 15.9 Å². The fourth-order valence-corrected chi connectivity index (χ4v) is 2.83. The largest absolute Gasteiger partial charge is 0.433 e. The zero-order valence-corrected chi connectivity index (χ0v) is 15.8. The number of benzene rings is 1. The molecule has 2 heterocycles. The molecular formula is C19H19FN4O5. The highest BCUT2D eigenvalue weighted by Gasteiger charge is 2.14. The van der Waals surface area contributed by atoms with Crippen molar-refractivity contribution >= 4 is 34.6 Å². The van der Waals surface area contributed by atoms with Crippen LogP contribution in [0.5, 0.6) is 0 Å². The number of likely N-dealkylation sites (N-methyl/N-ethyl adjacent to an activating group) is 1. The van der Waals surface area contributed by atoms with Crippen molar-refractivity contribution in [3.8, 4) is 0 Å². The Hall–Kier alpha value is -3.53. The highest BCUT2D eigenvalue weighted by atomic mass is 19.1. The monoisotopic (exact) mass is 402 g/mol. The number of anilines is 1. The Morgan fingerprint density at radius 1 is 1.38 bits per heavy atom. The first-order valence-electron chi connectivity index (χ1n) is 8.82. The van der Waals surface area contributed by atoms with Crippen LogP contribution in [0.15, 0.2) is 33.5 Å². The summed E-state index contributed by atoms with van der Waals surface area (Å²) < 4.78 is 24.7. The van der Waals surface area contributed by atoms with E-state index in [0.717, 1.165) is 0 Å². The molecule has 3 rings (SSSR count). The van der Waals surface area contributed by atoms with E-state index in [2.05, 4.69) is 9.97 Å². The minimum Gasteiger partial charge on any atom is -0.401 e. The smallest absolute Gasteiger partial charge is 0.401 e. The number of hydrogen-bond donors (Lipinski definition) is 1. The Bertz CT molecular complexity index is 1120. The second-order valence-electron chi connectivity index (χ2n) is 6.11. The number of H-pyrrole nitrogens is 1. The molecule has 1 N–H and O–H groups in total. The van der Waals surface area contributed by atoms with Crippen LogP contribution in [0.4, 0.5) is 16.0 Å². The Labute approximate surface area is 164 Å². The molecule has 0 spiro atoms. The molecule has 2 aromatic heterocycles. The molecule has 0 atom stereocenters. The van der Waals surface area contributed by atoms with Crippen molar-refractivity contribution in [3.05, 3.63) is 62.1 Å². The van der Waals surface area contributed by atoms with Gasteiger partial charge in [0.05, 0.1) is 29.3 Å². The highest BCUT2D eigenvalue weighted by Crippen LogP contribution is 2.24. The van der Waals surface area contributed by atoms with Crippen LogP contribution < -0.4 is 10.5 Å². The van der Waals surface area contributed by atoms with Crippen molar-refractivity contribution in [2.45, 2.75) is 6.92 Å². The topological polar surface area (TPSA) is 114 Å². The normalized spacial score (nSPS) is 11.4. The first-order valence-corrected chi connectivity index (χ1v) is 8.82. The van der Waals surface area contributed by atoms with E-state index < -0.39 is 22.2 Å². The van der Waals surface area contributed by atoms with Crippen molar-refractivity contribution < 1.29 is 18.5 Å². The lowest BCUT2D eigenvalue weighted by Crippen LogP contribution is -2.28. The number of aromatic nitrogens is 2. The van der Waals surface area contributed by atoms with E-state index in [0.29, 0.717) is 25.4 Å². The summed E-state index contributed by atoms with van der Waals surface area (Å²) in [5, 5.41) is 10.9. The van der Waals surface area contributed by atoms with Crippen LogP contribution in [0.2, 0.25) is 0 Å². The lowest BCUT2D eigenvalue weighted by atomic mass is 10.2. The second kappa shape index (κ2) is 8.65. The van der Waals surface area contributed by atoms with E-state index in [-0.39, 0.29) is 22.5 Å². The zero-order chi connectivity index (χ0) is 21.0. The maximum atomic E-state index is 14.6. The summed E-state index contributed by atoms with van der Waals surface area (Å²) in [7, 11) is 1.56. The molecule has 0 radical (unpaired) electrons. The lowest BCUT2D eigenvalue weighted by Gasteiger charge is -2.23. The summed E-state index contributed by atoms with van der Waals surface area (Å²) >= 11 is 0. The SMILES string of the molecule is CCN(CCOC)c1cc2c(=O)[nH]c(/C=C/c3ccc([N+](=O)[O-])o3)nc2cc1F. The molecule has 0 bridgehead atoms. The maximum absolute atomic E-state index is 14.6. The van der Waals surface area contributed by atoms with Crippen molar-refractivity contribution in [1.29, 1.82) is 0 Å². The average molecular weight is 402 g/mol. The number of nitro groups is 1. The van der Waals surface area contributed by atoms with Gasteiger partial charge in [0, 0.05) is 26.3 Å². The molecule has 0 saturated heterocycles. The van der Waals surface area contributed by atoms with Gasteiger partial charge in [0.25, 0.3) is 5.56 Å². The van der Waals surface area contributed by atoms with Crippen LogP contribution in [-0.2, 0) is 4.74 Å². The van der Waals surface area contributed by atoms with Gasteiger partial charge >= 0.3 is 5.88 Å². The summed E-state index contributed by atoms with van der Waals surface area (Å²) in [6.45, 7) is 3.34. The van der Waals surface area contributed by atoms with Gasteiger partial charge in [-0.1, -0.05) is 0 Å². The Morgan fingerprint density at radius 2 is 2.17 bits per heavy atom. The Morgan fingerprint density at radius 3 is 2.83 bits per heavy atom. The first kappa shape index (κ1) is 20.2. The minimum atomic E-state index is -0.653. The van der Waals surface area contributed by atoms with E-state index in [1.54, 1.807) is 12.0 Å². The Balaban J connectivity index is 1.94. The van der Waals surface area contributed by atoms with Gasteiger partial charge < -0.3 is 19.0 Å². The van der Waals surface area contributed by atoms with Gasteiger partial charge in [0.1, 0.15) is 22.3 Å². The highest BCUT2D eigenvalue weighted by molar-refractivity contribution is 5.83. The van der Waals surface area contributed by atoms with Gasteiger partial charge in [0.15, 0.2) is 0 Å². The average Bonchev–Trinajstić information content (AvgIpc) is 3.17. The van der Waals surface area contributed by atoms with Crippen molar-refractivity contribution in [3.63, 3.8) is 0 Å². The second-order valence-corrected chi connectivity index (χ2v) is 6.11. The molecule has 3 aromatic rings. The molecule has 0 amide bonds.